The normalized spacial score (nSPS) is 14.3. The number of aromatic nitrogens is 2. The van der Waals surface area contributed by atoms with Crippen molar-refractivity contribution < 1.29 is 14.3 Å². The molecular formula is C11H16N4O3. The second kappa shape index (κ2) is 5.07. The molecule has 0 unspecified atom stereocenters. The van der Waals surface area contributed by atoms with E-state index in [0.29, 0.717) is 19.0 Å². The molecule has 1 aliphatic rings. The Bertz CT molecular complexity index is 465. The molecule has 0 radical (unpaired) electrons. The summed E-state index contributed by atoms with van der Waals surface area (Å²) < 4.78 is 6.11. The fourth-order valence-electron chi connectivity index (χ4n) is 1.57. The van der Waals surface area contributed by atoms with Crippen LogP contribution in [0.3, 0.4) is 0 Å². The van der Waals surface area contributed by atoms with Crippen molar-refractivity contribution in [3.05, 3.63) is 12.0 Å². The van der Waals surface area contributed by atoms with Crippen LogP contribution >= 0.6 is 0 Å². The van der Waals surface area contributed by atoms with Crippen LogP contribution in [0, 0.1) is 0 Å². The van der Waals surface area contributed by atoms with E-state index >= 15 is 0 Å². The minimum atomic E-state index is -0.575. The lowest BCUT2D eigenvalue weighted by atomic mass is 10.3. The lowest BCUT2D eigenvalue weighted by Crippen LogP contribution is -2.26. The summed E-state index contributed by atoms with van der Waals surface area (Å²) in [6.45, 7) is 0.397. The van der Waals surface area contributed by atoms with E-state index in [1.165, 1.54) is 13.4 Å². The standard InChI is InChI=1S/C11H16N4O3/c1-18-11(17)9-10(12)15(6-13-9)5-4-8(16)14-7-2-3-7/h6-7H,2-5,12H2,1H3,(H,14,16). The van der Waals surface area contributed by atoms with Gasteiger partial charge in [-0.1, -0.05) is 0 Å². The Balaban J connectivity index is 1.90. The third-order valence-corrected chi connectivity index (χ3v) is 2.78. The van der Waals surface area contributed by atoms with Crippen LogP contribution in [-0.4, -0.2) is 34.6 Å². The maximum absolute atomic E-state index is 11.5. The summed E-state index contributed by atoms with van der Waals surface area (Å²) in [6, 6.07) is 0.350. The molecule has 3 N–H and O–H groups in total. The van der Waals surface area contributed by atoms with Gasteiger partial charge in [0.1, 0.15) is 5.82 Å². The predicted octanol–water partition coefficient (Wildman–Crippen LogP) is -0.0794. The van der Waals surface area contributed by atoms with E-state index in [0.717, 1.165) is 12.8 Å². The number of hydrogen-bond acceptors (Lipinski definition) is 5. The van der Waals surface area contributed by atoms with Crippen molar-refractivity contribution in [3.8, 4) is 0 Å². The molecular weight excluding hydrogens is 236 g/mol. The zero-order valence-electron chi connectivity index (χ0n) is 10.2. The van der Waals surface area contributed by atoms with Crippen LogP contribution in [0.2, 0.25) is 0 Å². The van der Waals surface area contributed by atoms with Crippen molar-refractivity contribution in [2.45, 2.75) is 31.8 Å². The number of rotatable bonds is 5. The molecule has 0 aromatic carbocycles. The average molecular weight is 252 g/mol. The van der Waals surface area contributed by atoms with Gasteiger partial charge in [0.25, 0.3) is 0 Å². The molecule has 0 atom stereocenters. The number of nitrogen functional groups attached to an aromatic ring is 1. The maximum Gasteiger partial charge on any atom is 0.360 e. The summed E-state index contributed by atoms with van der Waals surface area (Å²) in [5.74, 6) is -0.361. The minimum absolute atomic E-state index is 0.00906. The molecule has 1 aromatic heterocycles. The first-order valence-electron chi connectivity index (χ1n) is 5.80. The van der Waals surface area contributed by atoms with Crippen LogP contribution in [0.5, 0.6) is 0 Å². The Kier molecular flexibility index (Phi) is 3.50. The van der Waals surface area contributed by atoms with Crippen molar-refractivity contribution in [2.24, 2.45) is 0 Å². The third kappa shape index (κ3) is 2.79. The second-order valence-corrected chi connectivity index (χ2v) is 4.26. The van der Waals surface area contributed by atoms with Gasteiger partial charge in [0.2, 0.25) is 5.91 Å². The molecule has 1 aliphatic carbocycles. The van der Waals surface area contributed by atoms with Gasteiger partial charge < -0.3 is 20.4 Å². The summed E-state index contributed by atoms with van der Waals surface area (Å²) in [5.41, 5.74) is 5.83. The van der Waals surface area contributed by atoms with Gasteiger partial charge in [0, 0.05) is 19.0 Å². The molecule has 7 heteroatoms. The number of carbonyl (C=O) groups is 2. The molecule has 18 heavy (non-hydrogen) atoms. The molecule has 0 aliphatic heterocycles. The highest BCUT2D eigenvalue weighted by Crippen LogP contribution is 2.18. The number of anilines is 1. The third-order valence-electron chi connectivity index (χ3n) is 2.78. The van der Waals surface area contributed by atoms with Gasteiger partial charge in [-0.3, -0.25) is 4.79 Å². The Morgan fingerprint density at radius 3 is 2.94 bits per heavy atom. The van der Waals surface area contributed by atoms with Crippen LogP contribution in [0.15, 0.2) is 6.33 Å². The van der Waals surface area contributed by atoms with Gasteiger partial charge in [-0.25, -0.2) is 9.78 Å². The molecule has 0 bridgehead atoms. The number of methoxy groups -OCH3 is 1. The van der Waals surface area contributed by atoms with Crippen molar-refractivity contribution in [1.29, 1.82) is 0 Å². The van der Waals surface area contributed by atoms with E-state index in [4.69, 9.17) is 5.73 Å². The number of nitrogens with zero attached hydrogens (tertiary/aromatic N) is 2. The highest BCUT2D eigenvalue weighted by Gasteiger charge is 2.23. The lowest BCUT2D eigenvalue weighted by molar-refractivity contribution is -0.121. The number of nitrogens with one attached hydrogen (secondary N) is 1. The van der Waals surface area contributed by atoms with Gasteiger partial charge in [0.15, 0.2) is 5.69 Å². The van der Waals surface area contributed by atoms with Crippen molar-refractivity contribution >= 4 is 17.7 Å². The van der Waals surface area contributed by atoms with Crippen LogP contribution in [0.1, 0.15) is 29.8 Å². The van der Waals surface area contributed by atoms with Crippen molar-refractivity contribution in [1.82, 2.24) is 14.9 Å². The number of esters is 1. The molecule has 1 aromatic rings. The van der Waals surface area contributed by atoms with Crippen LogP contribution in [0.4, 0.5) is 5.82 Å². The summed E-state index contributed by atoms with van der Waals surface area (Å²) >= 11 is 0. The molecule has 2 rings (SSSR count). The van der Waals surface area contributed by atoms with Crippen molar-refractivity contribution in [2.75, 3.05) is 12.8 Å². The summed E-state index contributed by atoms with van der Waals surface area (Å²) in [4.78, 5) is 26.6. The molecule has 1 heterocycles. The molecule has 0 saturated heterocycles. The monoisotopic (exact) mass is 252 g/mol. The Hall–Kier alpha value is -2.05. The smallest absolute Gasteiger partial charge is 0.360 e. The topological polar surface area (TPSA) is 99.2 Å². The maximum atomic E-state index is 11.5. The molecule has 1 amide bonds. The number of imidazole rings is 1. The molecule has 7 nitrogen and oxygen atoms in total. The Morgan fingerprint density at radius 1 is 1.61 bits per heavy atom. The van der Waals surface area contributed by atoms with Crippen molar-refractivity contribution in [3.63, 3.8) is 0 Å². The molecule has 1 fully saturated rings. The number of ether oxygens (including phenoxy) is 1. The SMILES string of the molecule is COC(=O)c1ncn(CCC(=O)NC2CC2)c1N. The van der Waals surface area contributed by atoms with Gasteiger partial charge in [-0.05, 0) is 12.8 Å². The van der Waals surface area contributed by atoms with Gasteiger partial charge >= 0.3 is 5.97 Å². The summed E-state index contributed by atoms with van der Waals surface area (Å²) in [7, 11) is 1.27. The highest BCUT2D eigenvalue weighted by atomic mass is 16.5. The molecule has 98 valence electrons. The van der Waals surface area contributed by atoms with E-state index in [9.17, 15) is 9.59 Å². The first-order chi connectivity index (χ1) is 8.61. The van der Waals surface area contributed by atoms with Crippen LogP contribution in [-0.2, 0) is 16.1 Å². The van der Waals surface area contributed by atoms with E-state index in [2.05, 4.69) is 15.0 Å². The molecule has 0 spiro atoms. The number of hydrogen-bond donors (Lipinski definition) is 2. The minimum Gasteiger partial charge on any atom is -0.464 e. The van der Waals surface area contributed by atoms with E-state index in [1.807, 2.05) is 0 Å². The van der Waals surface area contributed by atoms with Crippen LogP contribution < -0.4 is 11.1 Å². The summed E-state index contributed by atoms with van der Waals surface area (Å²) in [6.07, 6.45) is 3.88. The largest absolute Gasteiger partial charge is 0.464 e. The summed E-state index contributed by atoms with van der Waals surface area (Å²) in [5, 5.41) is 2.88. The van der Waals surface area contributed by atoms with E-state index < -0.39 is 5.97 Å². The van der Waals surface area contributed by atoms with Gasteiger partial charge in [0.05, 0.1) is 13.4 Å². The zero-order valence-corrected chi connectivity index (χ0v) is 10.2. The zero-order chi connectivity index (χ0) is 13.1. The predicted molar refractivity (Wildman–Crippen MR) is 63.8 cm³/mol. The lowest BCUT2D eigenvalue weighted by Gasteiger charge is -2.06. The Labute approximate surface area is 104 Å². The highest BCUT2D eigenvalue weighted by molar-refractivity contribution is 5.92. The fourth-order valence-corrected chi connectivity index (χ4v) is 1.57. The van der Waals surface area contributed by atoms with E-state index in [1.54, 1.807) is 4.57 Å². The Morgan fingerprint density at radius 2 is 2.33 bits per heavy atom. The quantitative estimate of drug-likeness (QED) is 0.714. The number of carbonyl (C=O) groups excluding carboxylic acids is 2. The number of aryl methyl sites for hydroxylation is 1. The second-order valence-electron chi connectivity index (χ2n) is 4.26. The number of nitrogens with two attached hydrogens (primary N) is 1. The van der Waals surface area contributed by atoms with Gasteiger partial charge in [-0.15, -0.1) is 0 Å². The fraction of sp³-hybridized carbons (Fsp3) is 0.545. The van der Waals surface area contributed by atoms with Crippen LogP contribution in [0.25, 0.3) is 0 Å². The number of amides is 1. The van der Waals surface area contributed by atoms with E-state index in [-0.39, 0.29) is 17.4 Å². The first kappa shape index (κ1) is 12.4. The van der Waals surface area contributed by atoms with Gasteiger partial charge in [-0.2, -0.15) is 0 Å². The average Bonchev–Trinajstić information content (AvgIpc) is 3.08. The first-order valence-corrected chi connectivity index (χ1v) is 5.80. The molecule has 1 saturated carbocycles.